The van der Waals surface area contributed by atoms with Crippen molar-refractivity contribution in [1.29, 1.82) is 0 Å². The monoisotopic (exact) mass is 228 g/mol. The van der Waals surface area contributed by atoms with Crippen LogP contribution >= 0.6 is 0 Å². The maximum absolute atomic E-state index is 5.72. The first-order valence-electron chi connectivity index (χ1n) is 6.56. The number of hydrogen-bond acceptors (Lipinski definition) is 1. The van der Waals surface area contributed by atoms with E-state index in [1.165, 1.54) is 24.8 Å². The van der Waals surface area contributed by atoms with E-state index in [-0.39, 0.29) is 0 Å². The fraction of sp³-hybridized carbons (Fsp3) is 0.500. The van der Waals surface area contributed by atoms with Crippen molar-refractivity contribution < 1.29 is 4.74 Å². The smallest absolute Gasteiger partial charge is 0.102 e. The second kappa shape index (κ2) is 3.90. The molecule has 2 aliphatic rings. The minimum Gasteiger partial charge on any atom is -0.498 e. The summed E-state index contributed by atoms with van der Waals surface area (Å²) in [6.07, 6.45) is 5.87. The van der Waals surface area contributed by atoms with Gasteiger partial charge in [-0.25, -0.2) is 0 Å². The Morgan fingerprint density at radius 3 is 2.71 bits per heavy atom. The SMILES string of the molecule is C=COC1CC2CC1C(C)(c1ccccc1)C2. The Bertz CT molecular complexity index is 411. The Morgan fingerprint density at radius 2 is 2.06 bits per heavy atom. The molecule has 4 unspecified atom stereocenters. The van der Waals surface area contributed by atoms with Crippen molar-refractivity contribution in [2.24, 2.45) is 11.8 Å². The van der Waals surface area contributed by atoms with Crippen LogP contribution in [0.5, 0.6) is 0 Å². The molecule has 1 nitrogen and oxygen atoms in total. The summed E-state index contributed by atoms with van der Waals surface area (Å²) in [6, 6.07) is 10.9. The lowest BCUT2D eigenvalue weighted by atomic mass is 9.69. The van der Waals surface area contributed by atoms with Crippen LogP contribution in [-0.4, -0.2) is 6.10 Å². The molecule has 0 heterocycles. The van der Waals surface area contributed by atoms with Gasteiger partial charge in [-0.1, -0.05) is 43.8 Å². The lowest BCUT2D eigenvalue weighted by Crippen LogP contribution is -2.37. The predicted molar refractivity (Wildman–Crippen MR) is 69.7 cm³/mol. The molecule has 0 aliphatic heterocycles. The molecular formula is C16H20O. The Morgan fingerprint density at radius 1 is 1.29 bits per heavy atom. The first-order chi connectivity index (χ1) is 8.24. The van der Waals surface area contributed by atoms with Crippen LogP contribution in [0.15, 0.2) is 43.2 Å². The molecule has 2 bridgehead atoms. The topological polar surface area (TPSA) is 9.23 Å². The predicted octanol–water partition coefficient (Wildman–Crippen LogP) is 3.90. The fourth-order valence-electron chi connectivity index (χ4n) is 4.11. The molecule has 0 spiro atoms. The van der Waals surface area contributed by atoms with Gasteiger partial charge in [-0.3, -0.25) is 0 Å². The maximum atomic E-state index is 5.72. The lowest BCUT2D eigenvalue weighted by Gasteiger charge is -2.38. The molecule has 1 heteroatoms. The summed E-state index contributed by atoms with van der Waals surface area (Å²) in [6.45, 7) is 6.11. The van der Waals surface area contributed by atoms with Gasteiger partial charge in [-0.15, -0.1) is 0 Å². The van der Waals surface area contributed by atoms with Gasteiger partial charge in [0.1, 0.15) is 6.10 Å². The molecule has 0 amide bonds. The van der Waals surface area contributed by atoms with Crippen LogP contribution in [0.4, 0.5) is 0 Å². The lowest BCUT2D eigenvalue weighted by molar-refractivity contribution is 0.0538. The van der Waals surface area contributed by atoms with Crippen LogP contribution in [0, 0.1) is 11.8 Å². The van der Waals surface area contributed by atoms with Crippen LogP contribution in [0.25, 0.3) is 0 Å². The molecule has 0 N–H and O–H groups in total. The number of ether oxygens (including phenoxy) is 1. The van der Waals surface area contributed by atoms with Crippen molar-refractivity contribution in [3.8, 4) is 0 Å². The van der Waals surface area contributed by atoms with Gasteiger partial charge in [0.05, 0.1) is 6.26 Å². The van der Waals surface area contributed by atoms with Crippen LogP contribution in [0.3, 0.4) is 0 Å². The van der Waals surface area contributed by atoms with E-state index in [1.807, 2.05) is 0 Å². The standard InChI is InChI=1S/C16H20O/c1-3-17-15-10-12-9-14(15)16(2,11-12)13-7-5-4-6-8-13/h3-8,12,14-15H,1,9-11H2,2H3. The summed E-state index contributed by atoms with van der Waals surface area (Å²) in [5, 5.41) is 0. The highest BCUT2D eigenvalue weighted by atomic mass is 16.5. The average Bonchev–Trinajstić information content (AvgIpc) is 2.88. The Labute approximate surface area is 103 Å². The number of hydrogen-bond donors (Lipinski definition) is 0. The molecule has 2 aliphatic carbocycles. The van der Waals surface area contributed by atoms with Crippen LogP contribution < -0.4 is 0 Å². The third-order valence-corrected chi connectivity index (χ3v) is 4.84. The van der Waals surface area contributed by atoms with Gasteiger partial charge in [0, 0.05) is 5.92 Å². The van der Waals surface area contributed by atoms with E-state index in [9.17, 15) is 0 Å². The van der Waals surface area contributed by atoms with Crippen molar-refractivity contribution in [1.82, 2.24) is 0 Å². The molecule has 0 radical (unpaired) electrons. The van der Waals surface area contributed by atoms with E-state index in [1.54, 1.807) is 6.26 Å². The first-order valence-corrected chi connectivity index (χ1v) is 6.56. The molecule has 4 atom stereocenters. The zero-order valence-corrected chi connectivity index (χ0v) is 10.4. The van der Waals surface area contributed by atoms with Crippen molar-refractivity contribution in [2.45, 2.75) is 37.7 Å². The highest BCUT2D eigenvalue weighted by Crippen LogP contribution is 2.57. The first kappa shape index (κ1) is 10.9. The van der Waals surface area contributed by atoms with E-state index >= 15 is 0 Å². The van der Waals surface area contributed by atoms with Crippen molar-refractivity contribution in [3.05, 3.63) is 48.7 Å². The summed E-state index contributed by atoms with van der Waals surface area (Å²) in [7, 11) is 0. The zero-order chi connectivity index (χ0) is 11.9. The van der Waals surface area contributed by atoms with Crippen molar-refractivity contribution in [2.75, 3.05) is 0 Å². The molecule has 3 rings (SSSR count). The number of rotatable bonds is 3. The largest absolute Gasteiger partial charge is 0.498 e. The van der Waals surface area contributed by atoms with Gasteiger partial charge in [-0.2, -0.15) is 0 Å². The molecule has 2 fully saturated rings. The normalized spacial score (nSPS) is 39.2. The van der Waals surface area contributed by atoms with E-state index in [0.29, 0.717) is 17.4 Å². The molecule has 17 heavy (non-hydrogen) atoms. The van der Waals surface area contributed by atoms with E-state index in [0.717, 1.165) is 5.92 Å². The molecule has 0 saturated heterocycles. The minimum absolute atomic E-state index is 0.303. The van der Waals surface area contributed by atoms with Gasteiger partial charge >= 0.3 is 0 Å². The zero-order valence-electron chi connectivity index (χ0n) is 10.4. The molecule has 2 saturated carbocycles. The van der Waals surface area contributed by atoms with E-state index in [2.05, 4.69) is 43.8 Å². The second-order valence-electron chi connectivity index (χ2n) is 5.77. The summed E-state index contributed by atoms with van der Waals surface area (Å²) in [5.41, 5.74) is 1.78. The molecule has 1 aromatic rings. The number of benzene rings is 1. The number of fused-ring (bicyclic) bond motifs is 2. The third kappa shape index (κ3) is 1.60. The molecule has 90 valence electrons. The van der Waals surface area contributed by atoms with Crippen LogP contribution in [0.2, 0.25) is 0 Å². The average molecular weight is 228 g/mol. The third-order valence-electron chi connectivity index (χ3n) is 4.84. The summed E-state index contributed by atoms with van der Waals surface area (Å²) in [5.74, 6) is 1.50. The van der Waals surface area contributed by atoms with E-state index in [4.69, 9.17) is 4.74 Å². The van der Waals surface area contributed by atoms with E-state index < -0.39 is 0 Å². The molecule has 1 aromatic carbocycles. The second-order valence-corrected chi connectivity index (χ2v) is 5.77. The molecule has 0 aromatic heterocycles. The minimum atomic E-state index is 0.303. The Hall–Kier alpha value is -1.24. The highest BCUT2D eigenvalue weighted by molar-refractivity contribution is 5.29. The van der Waals surface area contributed by atoms with Gasteiger partial charge in [0.25, 0.3) is 0 Å². The summed E-state index contributed by atoms with van der Waals surface area (Å²) >= 11 is 0. The Balaban J connectivity index is 1.91. The Kier molecular flexibility index (Phi) is 2.50. The summed E-state index contributed by atoms with van der Waals surface area (Å²) in [4.78, 5) is 0. The summed E-state index contributed by atoms with van der Waals surface area (Å²) < 4.78 is 5.72. The van der Waals surface area contributed by atoms with Crippen LogP contribution in [-0.2, 0) is 10.2 Å². The fourth-order valence-corrected chi connectivity index (χ4v) is 4.11. The van der Waals surface area contributed by atoms with Crippen molar-refractivity contribution >= 4 is 0 Å². The van der Waals surface area contributed by atoms with Gasteiger partial charge in [0.2, 0.25) is 0 Å². The maximum Gasteiger partial charge on any atom is 0.102 e. The quantitative estimate of drug-likeness (QED) is 0.713. The van der Waals surface area contributed by atoms with Gasteiger partial charge in [-0.05, 0) is 36.2 Å². The van der Waals surface area contributed by atoms with Crippen LogP contribution in [0.1, 0.15) is 31.7 Å². The van der Waals surface area contributed by atoms with Gasteiger partial charge in [0.15, 0.2) is 0 Å². The highest BCUT2D eigenvalue weighted by Gasteiger charge is 2.54. The van der Waals surface area contributed by atoms with Gasteiger partial charge < -0.3 is 4.74 Å². The molecular weight excluding hydrogens is 208 g/mol. The van der Waals surface area contributed by atoms with Crippen molar-refractivity contribution in [3.63, 3.8) is 0 Å².